The van der Waals surface area contributed by atoms with Gasteiger partial charge in [0.25, 0.3) is 5.91 Å². The Morgan fingerprint density at radius 1 is 1.16 bits per heavy atom. The minimum Gasteiger partial charge on any atom is -0.337 e. The molecule has 3 heterocycles. The van der Waals surface area contributed by atoms with Crippen LogP contribution in [0.3, 0.4) is 0 Å². The molecule has 31 heavy (non-hydrogen) atoms. The number of rotatable bonds is 4. The lowest BCUT2D eigenvalue weighted by Gasteiger charge is -2.25. The standard InChI is InChI=1S/C25H31N5O/c1-29-23-11-10-20(26-16-18-14-19-8-4-5-9-22(19)27-17-18)15-21(23)24(28-29)25(31)30-12-6-2-3-7-13-30/h4-5,8-9,14,17,20,26H,2-3,6-7,10-13,15-16H2,1H3. The average Bonchev–Trinajstić information content (AvgIpc) is 2.96. The van der Waals surface area contributed by atoms with E-state index in [1.165, 1.54) is 29.5 Å². The van der Waals surface area contributed by atoms with Crippen molar-refractivity contribution in [1.82, 2.24) is 25.0 Å². The summed E-state index contributed by atoms with van der Waals surface area (Å²) >= 11 is 0. The number of nitrogens with zero attached hydrogens (tertiary/aromatic N) is 4. The normalized spacial score (nSPS) is 19.3. The second kappa shape index (κ2) is 8.79. The van der Waals surface area contributed by atoms with E-state index < -0.39 is 0 Å². The maximum Gasteiger partial charge on any atom is 0.274 e. The monoisotopic (exact) mass is 417 g/mol. The number of pyridine rings is 1. The number of para-hydroxylation sites is 1. The van der Waals surface area contributed by atoms with Gasteiger partial charge in [0.05, 0.1) is 5.52 Å². The summed E-state index contributed by atoms with van der Waals surface area (Å²) in [7, 11) is 1.98. The van der Waals surface area contributed by atoms with Crippen LogP contribution in [0.25, 0.3) is 10.9 Å². The molecule has 0 spiro atoms. The van der Waals surface area contributed by atoms with Gasteiger partial charge in [-0.05, 0) is 49.8 Å². The molecule has 1 N–H and O–H groups in total. The molecule has 2 aliphatic rings. The van der Waals surface area contributed by atoms with E-state index in [1.54, 1.807) is 0 Å². The van der Waals surface area contributed by atoms with Crippen molar-refractivity contribution in [2.24, 2.45) is 7.05 Å². The Bertz CT molecular complexity index is 1080. The Kier molecular flexibility index (Phi) is 5.72. The van der Waals surface area contributed by atoms with Crippen molar-refractivity contribution in [3.63, 3.8) is 0 Å². The van der Waals surface area contributed by atoms with Gasteiger partial charge in [0.2, 0.25) is 0 Å². The van der Waals surface area contributed by atoms with Gasteiger partial charge in [-0.2, -0.15) is 5.10 Å². The first kappa shape index (κ1) is 20.2. The van der Waals surface area contributed by atoms with Crippen LogP contribution in [0.1, 0.15) is 59.4 Å². The summed E-state index contributed by atoms with van der Waals surface area (Å²) in [6.07, 6.45) is 9.49. The molecule has 1 fully saturated rings. The van der Waals surface area contributed by atoms with Gasteiger partial charge in [-0.15, -0.1) is 0 Å². The number of hydrogen-bond acceptors (Lipinski definition) is 4. The molecule has 162 valence electrons. The average molecular weight is 418 g/mol. The molecule has 3 aromatic rings. The molecule has 1 atom stereocenters. The Morgan fingerprint density at radius 2 is 1.97 bits per heavy atom. The third kappa shape index (κ3) is 4.22. The zero-order valence-corrected chi connectivity index (χ0v) is 18.3. The fraction of sp³-hybridized carbons (Fsp3) is 0.480. The zero-order chi connectivity index (χ0) is 21.2. The summed E-state index contributed by atoms with van der Waals surface area (Å²) in [5.41, 5.74) is 5.27. The van der Waals surface area contributed by atoms with Gasteiger partial charge >= 0.3 is 0 Å². The van der Waals surface area contributed by atoms with Crippen LogP contribution >= 0.6 is 0 Å². The van der Waals surface area contributed by atoms with Crippen molar-refractivity contribution in [2.75, 3.05) is 13.1 Å². The quantitative estimate of drug-likeness (QED) is 0.704. The number of nitrogens with one attached hydrogen (secondary N) is 1. The van der Waals surface area contributed by atoms with Crippen LogP contribution in [0.4, 0.5) is 0 Å². The fourth-order valence-electron chi connectivity index (χ4n) is 5.03. The number of aromatic nitrogens is 3. The van der Waals surface area contributed by atoms with Crippen molar-refractivity contribution in [3.05, 3.63) is 59.0 Å². The van der Waals surface area contributed by atoms with E-state index in [0.717, 1.165) is 62.8 Å². The summed E-state index contributed by atoms with van der Waals surface area (Å²) in [4.78, 5) is 19.9. The second-order valence-corrected chi connectivity index (χ2v) is 8.96. The molecular weight excluding hydrogens is 386 g/mol. The van der Waals surface area contributed by atoms with Crippen molar-refractivity contribution in [1.29, 1.82) is 0 Å². The predicted octanol–water partition coefficient (Wildman–Crippen LogP) is 3.63. The smallest absolute Gasteiger partial charge is 0.274 e. The van der Waals surface area contributed by atoms with Gasteiger partial charge in [-0.25, -0.2) is 0 Å². The van der Waals surface area contributed by atoms with Crippen molar-refractivity contribution >= 4 is 16.8 Å². The summed E-state index contributed by atoms with van der Waals surface area (Å²) in [6, 6.07) is 10.8. The molecule has 1 unspecified atom stereocenters. The van der Waals surface area contributed by atoms with Gasteiger partial charge in [0.1, 0.15) is 0 Å². The van der Waals surface area contributed by atoms with Gasteiger partial charge in [0.15, 0.2) is 5.69 Å². The second-order valence-electron chi connectivity index (χ2n) is 8.96. The zero-order valence-electron chi connectivity index (χ0n) is 18.3. The van der Waals surface area contributed by atoms with E-state index in [4.69, 9.17) is 0 Å². The maximum absolute atomic E-state index is 13.3. The van der Waals surface area contributed by atoms with Gasteiger partial charge < -0.3 is 10.2 Å². The molecule has 0 bridgehead atoms. The molecule has 1 aliphatic heterocycles. The summed E-state index contributed by atoms with van der Waals surface area (Å²) in [5, 5.41) is 9.55. The summed E-state index contributed by atoms with van der Waals surface area (Å²) < 4.78 is 1.93. The Balaban J connectivity index is 1.29. The van der Waals surface area contributed by atoms with E-state index >= 15 is 0 Å². The Labute approximate surface area is 183 Å². The van der Waals surface area contributed by atoms with Crippen LogP contribution < -0.4 is 5.32 Å². The molecule has 1 amide bonds. The van der Waals surface area contributed by atoms with Gasteiger partial charge in [0, 0.05) is 55.6 Å². The highest BCUT2D eigenvalue weighted by Crippen LogP contribution is 2.26. The molecule has 1 aromatic carbocycles. The van der Waals surface area contributed by atoms with Crippen LogP contribution in [0.2, 0.25) is 0 Å². The van der Waals surface area contributed by atoms with E-state index in [-0.39, 0.29) is 5.91 Å². The number of benzene rings is 1. The van der Waals surface area contributed by atoms with Crippen LogP contribution in [0.15, 0.2) is 36.5 Å². The highest BCUT2D eigenvalue weighted by Gasteiger charge is 2.30. The molecule has 2 aromatic heterocycles. The molecule has 1 aliphatic carbocycles. The summed E-state index contributed by atoms with van der Waals surface area (Å²) in [6.45, 7) is 2.51. The van der Waals surface area contributed by atoms with E-state index in [1.807, 2.05) is 35.0 Å². The van der Waals surface area contributed by atoms with Crippen LogP contribution in [-0.2, 0) is 26.4 Å². The first-order chi connectivity index (χ1) is 15.2. The minimum atomic E-state index is 0.123. The third-order valence-corrected chi connectivity index (χ3v) is 6.79. The topological polar surface area (TPSA) is 63.1 Å². The number of aryl methyl sites for hydroxylation is 1. The van der Waals surface area contributed by atoms with Crippen molar-refractivity contribution in [3.8, 4) is 0 Å². The summed E-state index contributed by atoms with van der Waals surface area (Å²) in [5.74, 6) is 0.123. The molecule has 0 radical (unpaired) electrons. The maximum atomic E-state index is 13.3. The first-order valence-corrected chi connectivity index (χ1v) is 11.6. The minimum absolute atomic E-state index is 0.123. The SMILES string of the molecule is Cn1nc(C(=O)N2CCCCCC2)c2c1CCC(NCc1cnc3ccccc3c1)C2. The van der Waals surface area contributed by atoms with Gasteiger partial charge in [-0.1, -0.05) is 31.0 Å². The lowest BCUT2D eigenvalue weighted by Crippen LogP contribution is -2.36. The number of likely N-dealkylation sites (tertiary alicyclic amines) is 1. The molecular formula is C25H31N5O. The van der Waals surface area contributed by atoms with Crippen LogP contribution in [-0.4, -0.2) is 44.7 Å². The van der Waals surface area contributed by atoms with E-state index in [2.05, 4.69) is 33.6 Å². The molecule has 6 nitrogen and oxygen atoms in total. The predicted molar refractivity (Wildman–Crippen MR) is 122 cm³/mol. The lowest BCUT2D eigenvalue weighted by molar-refractivity contribution is 0.0753. The highest BCUT2D eigenvalue weighted by atomic mass is 16.2. The van der Waals surface area contributed by atoms with Gasteiger partial charge in [-0.3, -0.25) is 14.5 Å². The number of carbonyl (C=O) groups excluding carboxylic acids is 1. The molecule has 5 rings (SSSR count). The number of carbonyl (C=O) groups is 1. The van der Waals surface area contributed by atoms with Crippen LogP contribution in [0, 0.1) is 0 Å². The first-order valence-electron chi connectivity index (χ1n) is 11.6. The molecule has 6 heteroatoms. The Hall–Kier alpha value is -2.73. The Morgan fingerprint density at radius 3 is 2.81 bits per heavy atom. The third-order valence-electron chi connectivity index (χ3n) is 6.79. The van der Waals surface area contributed by atoms with E-state index in [0.29, 0.717) is 11.7 Å². The van der Waals surface area contributed by atoms with Crippen molar-refractivity contribution in [2.45, 2.75) is 57.5 Å². The largest absolute Gasteiger partial charge is 0.337 e. The molecule has 0 saturated carbocycles. The fourth-order valence-corrected chi connectivity index (χ4v) is 5.03. The van der Waals surface area contributed by atoms with Crippen molar-refractivity contribution < 1.29 is 4.79 Å². The molecule has 1 saturated heterocycles. The highest BCUT2D eigenvalue weighted by molar-refractivity contribution is 5.94. The number of fused-ring (bicyclic) bond motifs is 2. The number of hydrogen-bond donors (Lipinski definition) is 1. The van der Waals surface area contributed by atoms with E-state index in [9.17, 15) is 4.79 Å². The van der Waals surface area contributed by atoms with Crippen LogP contribution in [0.5, 0.6) is 0 Å². The lowest BCUT2D eigenvalue weighted by atomic mass is 9.91. The number of amides is 1.